The molecule has 14 heavy (non-hydrogen) atoms. The number of hydrogen-bond acceptors (Lipinski definition) is 2. The fourth-order valence-corrected chi connectivity index (χ4v) is 1.24. The maximum atomic E-state index is 13.2. The van der Waals surface area contributed by atoms with Gasteiger partial charge in [0.1, 0.15) is 11.9 Å². The Labute approximate surface area is 80.9 Å². The molecule has 0 spiro atoms. The van der Waals surface area contributed by atoms with Crippen LogP contribution < -0.4 is 10.1 Å². The van der Waals surface area contributed by atoms with Crippen LogP contribution in [0.2, 0.25) is 0 Å². The molecule has 1 saturated heterocycles. The molecule has 0 atom stereocenters. The molecule has 1 aliphatic heterocycles. The highest BCUT2D eigenvalue weighted by Crippen LogP contribution is 2.22. The average molecular weight is 199 g/mol. The summed E-state index contributed by atoms with van der Waals surface area (Å²) in [4.78, 5) is 0. The van der Waals surface area contributed by atoms with E-state index in [1.165, 1.54) is 6.92 Å². The molecule has 0 bridgehead atoms. The van der Waals surface area contributed by atoms with Crippen LogP contribution in [0.1, 0.15) is 5.56 Å². The van der Waals surface area contributed by atoms with E-state index in [1.807, 2.05) is 0 Å². The Hall–Kier alpha value is -1.16. The van der Waals surface area contributed by atoms with Crippen molar-refractivity contribution in [3.8, 4) is 5.75 Å². The van der Waals surface area contributed by atoms with Crippen LogP contribution in [0.5, 0.6) is 5.75 Å². The predicted octanol–water partition coefficient (Wildman–Crippen LogP) is 1.62. The molecule has 0 saturated carbocycles. The summed E-state index contributed by atoms with van der Waals surface area (Å²) in [6, 6.07) is 2.25. The van der Waals surface area contributed by atoms with Crippen LogP contribution >= 0.6 is 0 Å². The molecule has 4 heteroatoms. The van der Waals surface area contributed by atoms with Crippen molar-refractivity contribution in [1.82, 2.24) is 5.32 Å². The van der Waals surface area contributed by atoms with Gasteiger partial charge < -0.3 is 10.1 Å². The van der Waals surface area contributed by atoms with Crippen LogP contribution in [0.25, 0.3) is 0 Å². The predicted molar refractivity (Wildman–Crippen MR) is 48.4 cm³/mol. The molecular weight excluding hydrogens is 188 g/mol. The van der Waals surface area contributed by atoms with Crippen molar-refractivity contribution in [3.63, 3.8) is 0 Å². The summed E-state index contributed by atoms with van der Waals surface area (Å²) in [6.07, 6.45) is -0.0355. The fourth-order valence-electron chi connectivity index (χ4n) is 1.24. The minimum atomic E-state index is -0.504. The first-order valence-corrected chi connectivity index (χ1v) is 4.50. The molecule has 1 heterocycles. The Balaban J connectivity index is 2.19. The lowest BCUT2D eigenvalue weighted by molar-refractivity contribution is 0.135. The minimum Gasteiger partial charge on any atom is -0.485 e. The summed E-state index contributed by atoms with van der Waals surface area (Å²) < 4.78 is 31.5. The number of benzene rings is 1. The van der Waals surface area contributed by atoms with Gasteiger partial charge in [0.2, 0.25) is 0 Å². The molecule has 0 aromatic heterocycles. The first-order chi connectivity index (χ1) is 6.66. The molecular formula is C10H11F2NO. The van der Waals surface area contributed by atoms with Crippen molar-refractivity contribution < 1.29 is 13.5 Å². The fraction of sp³-hybridized carbons (Fsp3) is 0.400. The van der Waals surface area contributed by atoms with Gasteiger partial charge >= 0.3 is 0 Å². The molecule has 2 rings (SSSR count). The highest BCUT2D eigenvalue weighted by Gasteiger charge is 2.20. The molecule has 1 aromatic rings. The van der Waals surface area contributed by atoms with Crippen molar-refractivity contribution in [3.05, 3.63) is 29.3 Å². The molecule has 1 aliphatic rings. The van der Waals surface area contributed by atoms with E-state index in [2.05, 4.69) is 5.32 Å². The number of hydrogen-bond donors (Lipinski definition) is 1. The van der Waals surface area contributed by atoms with E-state index in [1.54, 1.807) is 0 Å². The Morgan fingerprint density at radius 1 is 1.29 bits per heavy atom. The molecule has 0 radical (unpaired) electrons. The van der Waals surface area contributed by atoms with Crippen LogP contribution in [-0.2, 0) is 0 Å². The Morgan fingerprint density at radius 2 is 2.00 bits per heavy atom. The van der Waals surface area contributed by atoms with Crippen molar-refractivity contribution >= 4 is 0 Å². The Kier molecular flexibility index (Phi) is 2.37. The molecule has 0 aliphatic carbocycles. The van der Waals surface area contributed by atoms with Gasteiger partial charge in [0.25, 0.3) is 0 Å². The van der Waals surface area contributed by atoms with Gasteiger partial charge in [-0.3, -0.25) is 0 Å². The number of halogens is 2. The zero-order chi connectivity index (χ0) is 10.1. The summed E-state index contributed by atoms with van der Waals surface area (Å²) in [5.41, 5.74) is 0.293. The monoisotopic (exact) mass is 199 g/mol. The topological polar surface area (TPSA) is 21.3 Å². The lowest BCUT2D eigenvalue weighted by Gasteiger charge is -2.28. The van der Waals surface area contributed by atoms with Gasteiger partial charge in [0, 0.05) is 19.2 Å². The van der Waals surface area contributed by atoms with Crippen LogP contribution in [0, 0.1) is 18.6 Å². The molecule has 2 nitrogen and oxygen atoms in total. The lowest BCUT2D eigenvalue weighted by Crippen LogP contribution is -2.50. The zero-order valence-corrected chi connectivity index (χ0v) is 7.81. The number of nitrogens with one attached hydrogen (secondary N) is 1. The first kappa shape index (κ1) is 9.40. The van der Waals surface area contributed by atoms with E-state index in [-0.39, 0.29) is 11.9 Å². The molecule has 1 N–H and O–H groups in total. The maximum Gasteiger partial charge on any atom is 0.165 e. The zero-order valence-electron chi connectivity index (χ0n) is 7.81. The highest BCUT2D eigenvalue weighted by atomic mass is 19.1. The van der Waals surface area contributed by atoms with Crippen molar-refractivity contribution in [2.75, 3.05) is 13.1 Å². The summed E-state index contributed by atoms with van der Waals surface area (Å²) in [6.45, 7) is 2.90. The van der Waals surface area contributed by atoms with Gasteiger partial charge in [-0.15, -0.1) is 0 Å². The number of rotatable bonds is 2. The second-order valence-corrected chi connectivity index (χ2v) is 3.43. The smallest absolute Gasteiger partial charge is 0.165 e. The van der Waals surface area contributed by atoms with Crippen LogP contribution in [0.4, 0.5) is 8.78 Å². The third-order valence-electron chi connectivity index (χ3n) is 2.25. The SMILES string of the molecule is Cc1cc(F)c(OC2CNC2)cc1F. The van der Waals surface area contributed by atoms with E-state index in [4.69, 9.17) is 4.74 Å². The van der Waals surface area contributed by atoms with Gasteiger partial charge in [-0.1, -0.05) is 0 Å². The lowest BCUT2D eigenvalue weighted by atomic mass is 10.2. The van der Waals surface area contributed by atoms with E-state index in [0.29, 0.717) is 18.7 Å². The van der Waals surface area contributed by atoms with Gasteiger partial charge in [0.15, 0.2) is 11.6 Å². The van der Waals surface area contributed by atoms with Crippen molar-refractivity contribution in [2.45, 2.75) is 13.0 Å². The largest absolute Gasteiger partial charge is 0.485 e. The van der Waals surface area contributed by atoms with E-state index >= 15 is 0 Å². The summed E-state index contributed by atoms with van der Waals surface area (Å²) in [7, 11) is 0. The minimum absolute atomic E-state index is 0.000370. The van der Waals surface area contributed by atoms with Crippen LogP contribution in [0.15, 0.2) is 12.1 Å². The van der Waals surface area contributed by atoms with E-state index in [9.17, 15) is 8.78 Å². The van der Waals surface area contributed by atoms with E-state index in [0.717, 1.165) is 12.1 Å². The van der Waals surface area contributed by atoms with Crippen molar-refractivity contribution in [1.29, 1.82) is 0 Å². The van der Waals surface area contributed by atoms with Gasteiger partial charge in [0.05, 0.1) is 0 Å². The van der Waals surface area contributed by atoms with E-state index < -0.39 is 11.6 Å². The normalized spacial score (nSPS) is 16.5. The summed E-state index contributed by atoms with van der Waals surface area (Å²) >= 11 is 0. The highest BCUT2D eigenvalue weighted by molar-refractivity contribution is 5.30. The quantitative estimate of drug-likeness (QED) is 0.781. The van der Waals surface area contributed by atoms with Crippen molar-refractivity contribution in [2.24, 2.45) is 0 Å². The summed E-state index contributed by atoms with van der Waals surface area (Å²) in [5, 5.41) is 2.99. The number of ether oxygens (including phenoxy) is 1. The Morgan fingerprint density at radius 3 is 2.57 bits per heavy atom. The standard InChI is InChI=1S/C10H11F2NO/c1-6-2-9(12)10(3-8(6)11)14-7-4-13-5-7/h2-3,7,13H,4-5H2,1H3. The molecule has 0 unspecified atom stereocenters. The van der Waals surface area contributed by atoms with Gasteiger partial charge in [-0.05, 0) is 18.6 Å². The van der Waals surface area contributed by atoms with Gasteiger partial charge in [-0.25, -0.2) is 8.78 Å². The summed E-state index contributed by atoms with van der Waals surface area (Å²) in [5.74, 6) is -0.941. The van der Waals surface area contributed by atoms with Gasteiger partial charge in [-0.2, -0.15) is 0 Å². The Bertz CT molecular complexity index is 350. The molecule has 1 fully saturated rings. The second kappa shape index (κ2) is 3.53. The average Bonchev–Trinajstić information content (AvgIpc) is 2.06. The first-order valence-electron chi connectivity index (χ1n) is 4.50. The third-order valence-corrected chi connectivity index (χ3v) is 2.25. The molecule has 0 amide bonds. The number of aryl methyl sites for hydroxylation is 1. The van der Waals surface area contributed by atoms with Crippen LogP contribution in [-0.4, -0.2) is 19.2 Å². The maximum absolute atomic E-state index is 13.2. The second-order valence-electron chi connectivity index (χ2n) is 3.43. The third kappa shape index (κ3) is 1.70. The molecule has 76 valence electrons. The van der Waals surface area contributed by atoms with Crippen LogP contribution in [0.3, 0.4) is 0 Å². The molecule has 1 aromatic carbocycles.